The van der Waals surface area contributed by atoms with Crippen LogP contribution in [0.25, 0.3) is 5.76 Å². The molecule has 0 fully saturated rings. The lowest BCUT2D eigenvalue weighted by atomic mass is 10.1. The summed E-state index contributed by atoms with van der Waals surface area (Å²) in [5.74, 6) is 0.502. The predicted molar refractivity (Wildman–Crippen MR) is 74.1 cm³/mol. The van der Waals surface area contributed by atoms with Crippen molar-refractivity contribution in [2.24, 2.45) is 0 Å². The third kappa shape index (κ3) is 1.96. The normalized spacial score (nSPS) is 21.7. The lowest BCUT2D eigenvalue weighted by molar-refractivity contribution is -0.112. The molecule has 1 aliphatic heterocycles. The molecule has 1 heterocycles. The fourth-order valence-corrected chi connectivity index (χ4v) is 2.13. The number of ketones is 1. The van der Waals surface area contributed by atoms with Crippen LogP contribution in [0.3, 0.4) is 0 Å². The maximum absolute atomic E-state index is 11.8. The Bertz CT molecular complexity index is 681. The van der Waals surface area contributed by atoms with Gasteiger partial charge < -0.3 is 4.74 Å². The first-order valence-electron chi connectivity index (χ1n) is 6.25. The van der Waals surface area contributed by atoms with Crippen LogP contribution in [-0.2, 0) is 9.53 Å². The Morgan fingerprint density at radius 3 is 2.50 bits per heavy atom. The minimum atomic E-state index is -0.191. The second-order valence-corrected chi connectivity index (χ2v) is 4.50. The number of hydroxylamine groups is 2. The molecule has 1 N–H and O–H groups in total. The Balaban J connectivity index is 2.02. The molecule has 0 spiro atoms. The Morgan fingerprint density at radius 1 is 1.10 bits per heavy atom. The molecule has 0 aromatic heterocycles. The smallest absolute Gasteiger partial charge is 0.235 e. The van der Waals surface area contributed by atoms with E-state index in [1.807, 2.05) is 30.3 Å². The molecule has 1 aliphatic carbocycles. The van der Waals surface area contributed by atoms with Gasteiger partial charge in [0.05, 0.1) is 11.3 Å². The van der Waals surface area contributed by atoms with Gasteiger partial charge in [-0.1, -0.05) is 42.5 Å². The molecule has 0 radical (unpaired) electrons. The highest BCUT2D eigenvalue weighted by Crippen LogP contribution is 2.35. The first kappa shape index (κ1) is 12.4. The van der Waals surface area contributed by atoms with E-state index < -0.39 is 0 Å². The Kier molecular flexibility index (Phi) is 3.00. The highest BCUT2D eigenvalue weighted by atomic mass is 16.6. The molecule has 0 unspecified atom stereocenters. The number of hydrogen-bond acceptors (Lipinski definition) is 4. The average molecular weight is 267 g/mol. The second kappa shape index (κ2) is 4.83. The standard InChI is InChI=1S/C16H13NO3/c1-11-15(12-7-3-2-4-8-12)20-16(17(11)19)13-9-5-6-10-14(13)18/h2-10,19H,1H3. The molecule has 0 amide bonds. The number of allylic oxidation sites excluding steroid dienone is 6. The van der Waals surface area contributed by atoms with Crippen molar-refractivity contribution in [2.75, 3.05) is 0 Å². The molecule has 4 nitrogen and oxygen atoms in total. The maximum atomic E-state index is 11.8. The zero-order chi connectivity index (χ0) is 14.1. The summed E-state index contributed by atoms with van der Waals surface area (Å²) in [5.41, 5.74) is 1.73. The molecular weight excluding hydrogens is 254 g/mol. The third-order valence-electron chi connectivity index (χ3n) is 3.19. The van der Waals surface area contributed by atoms with Gasteiger partial charge in [-0.3, -0.25) is 10.0 Å². The van der Waals surface area contributed by atoms with Crippen LogP contribution < -0.4 is 0 Å². The number of benzene rings is 1. The lowest BCUT2D eigenvalue weighted by Gasteiger charge is -2.13. The molecule has 2 aliphatic rings. The summed E-state index contributed by atoms with van der Waals surface area (Å²) in [4.78, 5) is 11.8. The summed E-state index contributed by atoms with van der Waals surface area (Å²) in [6.07, 6.45) is 6.45. The van der Waals surface area contributed by atoms with Crippen molar-refractivity contribution >= 4 is 11.5 Å². The molecule has 3 rings (SSSR count). The van der Waals surface area contributed by atoms with Crippen LogP contribution in [-0.4, -0.2) is 16.1 Å². The van der Waals surface area contributed by atoms with Crippen molar-refractivity contribution in [3.63, 3.8) is 0 Å². The zero-order valence-corrected chi connectivity index (χ0v) is 10.9. The van der Waals surface area contributed by atoms with Gasteiger partial charge in [-0.15, -0.1) is 0 Å². The Labute approximate surface area is 116 Å². The van der Waals surface area contributed by atoms with E-state index in [-0.39, 0.29) is 11.7 Å². The van der Waals surface area contributed by atoms with Gasteiger partial charge in [-0.25, -0.2) is 0 Å². The first-order valence-corrected chi connectivity index (χ1v) is 6.25. The number of ether oxygens (including phenoxy) is 1. The van der Waals surface area contributed by atoms with Crippen LogP contribution in [0, 0.1) is 0 Å². The molecule has 0 atom stereocenters. The van der Waals surface area contributed by atoms with Gasteiger partial charge in [0.1, 0.15) is 0 Å². The summed E-state index contributed by atoms with van der Waals surface area (Å²) in [6, 6.07) is 9.46. The van der Waals surface area contributed by atoms with E-state index in [2.05, 4.69) is 0 Å². The van der Waals surface area contributed by atoms with Crippen molar-refractivity contribution in [1.29, 1.82) is 0 Å². The van der Waals surface area contributed by atoms with E-state index in [1.165, 1.54) is 6.08 Å². The van der Waals surface area contributed by atoms with E-state index in [0.717, 1.165) is 10.6 Å². The Hall–Kier alpha value is -2.59. The van der Waals surface area contributed by atoms with Crippen molar-refractivity contribution < 1.29 is 14.7 Å². The summed E-state index contributed by atoms with van der Waals surface area (Å²) in [6.45, 7) is 1.74. The van der Waals surface area contributed by atoms with Gasteiger partial charge in [-0.05, 0) is 19.1 Å². The summed E-state index contributed by atoms with van der Waals surface area (Å²) < 4.78 is 5.71. The van der Waals surface area contributed by atoms with Crippen LogP contribution in [0.2, 0.25) is 0 Å². The highest BCUT2D eigenvalue weighted by molar-refractivity contribution is 6.07. The van der Waals surface area contributed by atoms with Crippen molar-refractivity contribution in [2.45, 2.75) is 6.92 Å². The van der Waals surface area contributed by atoms with E-state index in [0.29, 0.717) is 17.0 Å². The number of carbonyl (C=O) groups excluding carboxylic acids is 1. The van der Waals surface area contributed by atoms with Gasteiger partial charge >= 0.3 is 0 Å². The lowest BCUT2D eigenvalue weighted by Crippen LogP contribution is -2.16. The van der Waals surface area contributed by atoms with Crippen LogP contribution >= 0.6 is 0 Å². The summed E-state index contributed by atoms with van der Waals surface area (Å²) in [5, 5.41) is 11.1. The van der Waals surface area contributed by atoms with E-state index >= 15 is 0 Å². The van der Waals surface area contributed by atoms with E-state index in [1.54, 1.807) is 25.2 Å². The topological polar surface area (TPSA) is 49.8 Å². The van der Waals surface area contributed by atoms with Crippen LogP contribution in [0.15, 0.2) is 71.8 Å². The van der Waals surface area contributed by atoms with Gasteiger partial charge in [0.25, 0.3) is 0 Å². The quantitative estimate of drug-likeness (QED) is 0.795. The van der Waals surface area contributed by atoms with Gasteiger partial charge in [-0.2, -0.15) is 5.06 Å². The minimum absolute atomic E-state index is 0.145. The van der Waals surface area contributed by atoms with Crippen LogP contribution in [0.5, 0.6) is 0 Å². The number of nitrogens with zero attached hydrogens (tertiary/aromatic N) is 1. The Morgan fingerprint density at radius 2 is 1.80 bits per heavy atom. The second-order valence-electron chi connectivity index (χ2n) is 4.50. The average Bonchev–Trinajstić information content (AvgIpc) is 2.77. The predicted octanol–water partition coefficient (Wildman–Crippen LogP) is 3.00. The summed E-state index contributed by atoms with van der Waals surface area (Å²) in [7, 11) is 0. The number of rotatable bonds is 1. The van der Waals surface area contributed by atoms with Crippen LogP contribution in [0.4, 0.5) is 0 Å². The van der Waals surface area contributed by atoms with Crippen molar-refractivity contribution in [1.82, 2.24) is 5.06 Å². The van der Waals surface area contributed by atoms with Crippen LogP contribution in [0.1, 0.15) is 12.5 Å². The monoisotopic (exact) mass is 267 g/mol. The molecule has 100 valence electrons. The minimum Gasteiger partial charge on any atom is -0.435 e. The van der Waals surface area contributed by atoms with E-state index in [9.17, 15) is 10.0 Å². The fourth-order valence-electron chi connectivity index (χ4n) is 2.13. The fraction of sp³-hybridized carbons (Fsp3) is 0.0625. The van der Waals surface area contributed by atoms with Crippen molar-refractivity contribution in [3.8, 4) is 0 Å². The SMILES string of the molecule is CC1=C(c2ccccc2)OC(=C2C=CC=CC2=O)N1O. The zero-order valence-electron chi connectivity index (χ0n) is 10.9. The van der Waals surface area contributed by atoms with E-state index in [4.69, 9.17) is 4.74 Å². The maximum Gasteiger partial charge on any atom is 0.235 e. The first-order chi connectivity index (χ1) is 9.68. The highest BCUT2D eigenvalue weighted by Gasteiger charge is 2.30. The molecular formula is C16H13NO3. The number of carbonyl (C=O) groups is 1. The van der Waals surface area contributed by atoms with Gasteiger partial charge in [0.2, 0.25) is 5.88 Å². The molecule has 1 aromatic carbocycles. The van der Waals surface area contributed by atoms with Gasteiger partial charge in [0.15, 0.2) is 11.5 Å². The summed E-state index contributed by atoms with van der Waals surface area (Å²) >= 11 is 0. The number of hydrogen-bond donors (Lipinski definition) is 1. The molecule has 0 bridgehead atoms. The molecule has 20 heavy (non-hydrogen) atoms. The van der Waals surface area contributed by atoms with Gasteiger partial charge in [0, 0.05) is 5.56 Å². The third-order valence-corrected chi connectivity index (χ3v) is 3.19. The largest absolute Gasteiger partial charge is 0.435 e. The molecule has 4 heteroatoms. The molecule has 0 saturated carbocycles. The van der Waals surface area contributed by atoms with Crippen molar-refractivity contribution in [3.05, 3.63) is 77.4 Å². The molecule has 0 saturated heterocycles. The molecule has 1 aromatic rings.